The van der Waals surface area contributed by atoms with Crippen LogP contribution in [-0.2, 0) is 14.9 Å². The third-order valence-electron chi connectivity index (χ3n) is 2.66. The maximum atomic E-state index is 11.8. The molecule has 1 N–H and O–H groups in total. The lowest BCUT2D eigenvalue weighted by Gasteiger charge is -2.11. The molecule has 0 spiro atoms. The maximum absolute atomic E-state index is 11.8. The minimum absolute atomic E-state index is 0.0890. The quantitative estimate of drug-likeness (QED) is 0.253. The predicted molar refractivity (Wildman–Crippen MR) is 99.1 cm³/mol. The van der Waals surface area contributed by atoms with Crippen LogP contribution in [0.4, 0.5) is 0 Å². The Morgan fingerprint density at radius 2 is 1.67 bits per heavy atom. The molecule has 0 aliphatic carbocycles. The lowest BCUT2D eigenvalue weighted by Crippen LogP contribution is -2.18. The molecule has 7 nitrogen and oxygen atoms in total. The second-order valence-electron chi connectivity index (χ2n) is 4.43. The zero-order chi connectivity index (χ0) is 17.9. The van der Waals surface area contributed by atoms with Gasteiger partial charge in [-0.15, -0.1) is 0 Å². The largest absolute Gasteiger partial charge is 0.744 e. The number of benzene rings is 2. The second-order valence-corrected chi connectivity index (χ2v) is 8.13. The first-order chi connectivity index (χ1) is 11.2. The molecule has 10 heteroatoms. The fourth-order valence-corrected chi connectivity index (χ4v) is 4.17. The number of carbonyl (C=O) groups is 1. The number of hydrogen-bond donors (Lipinski definition) is 1. The lowest BCUT2D eigenvalue weighted by atomic mass is 10.3. The Balaban J connectivity index is 1.99. The van der Waals surface area contributed by atoms with Gasteiger partial charge in [0, 0.05) is 0 Å². The molecule has 2 rings (SSSR count). The lowest BCUT2D eigenvalue weighted by molar-refractivity contribution is -0.136. The summed E-state index contributed by atoms with van der Waals surface area (Å²) in [5, 5.41) is 9.45. The molecule has 0 saturated heterocycles. The summed E-state index contributed by atoms with van der Waals surface area (Å²) in [6.45, 7) is -0.377. The smallest absolute Gasteiger partial charge is 0.349 e. The Morgan fingerprint density at radius 1 is 1.12 bits per heavy atom. The molecule has 0 aromatic heterocycles. The Morgan fingerprint density at radius 3 is 2.17 bits per heavy atom. The number of ether oxygens (including phenoxy) is 2. The van der Waals surface area contributed by atoms with E-state index in [9.17, 15) is 22.9 Å². The monoisotopic (exact) mass is 575 g/mol. The van der Waals surface area contributed by atoms with Crippen LogP contribution >= 0.6 is 45.2 Å². The molecule has 0 amide bonds. The number of rotatable bonds is 5. The van der Waals surface area contributed by atoms with E-state index in [-0.39, 0.29) is 18.1 Å². The molecule has 0 saturated carbocycles. The van der Waals surface area contributed by atoms with Gasteiger partial charge >= 0.3 is 5.97 Å². The zero-order valence-corrected chi connectivity index (χ0v) is 16.9. The van der Waals surface area contributed by atoms with Crippen molar-refractivity contribution in [3.8, 4) is 17.2 Å². The van der Waals surface area contributed by atoms with Crippen molar-refractivity contribution < 1.29 is 32.3 Å². The fourth-order valence-electron chi connectivity index (χ4n) is 1.65. The van der Waals surface area contributed by atoms with E-state index in [1.807, 2.05) is 45.2 Å². The number of carbonyl (C=O) groups excluding carboxylic acids is 1. The number of phenolic OH excluding ortho intramolecular Hbond substituents is 1. The van der Waals surface area contributed by atoms with Gasteiger partial charge in [0.2, 0.25) is 0 Å². The van der Waals surface area contributed by atoms with E-state index >= 15 is 0 Å². The summed E-state index contributed by atoms with van der Waals surface area (Å²) in [5.74, 6) is -0.0793. The van der Waals surface area contributed by atoms with Gasteiger partial charge < -0.3 is 19.1 Å². The van der Waals surface area contributed by atoms with Gasteiger partial charge in [0.15, 0.2) is 6.61 Å². The number of phenols is 1. The zero-order valence-electron chi connectivity index (χ0n) is 11.7. The molecule has 0 atom stereocenters. The molecule has 0 bridgehead atoms. The Hall–Kier alpha value is -1.12. The molecule has 0 aliphatic rings. The molecule has 2 aromatic rings. The molecule has 24 heavy (non-hydrogen) atoms. The van der Waals surface area contributed by atoms with E-state index in [2.05, 4.69) is 0 Å². The van der Waals surface area contributed by atoms with E-state index in [0.717, 1.165) is 12.1 Å². The van der Waals surface area contributed by atoms with E-state index in [0.29, 0.717) is 12.9 Å². The second kappa shape index (κ2) is 7.84. The van der Waals surface area contributed by atoms with Crippen LogP contribution in [0.3, 0.4) is 0 Å². The third-order valence-corrected chi connectivity index (χ3v) is 5.11. The highest BCUT2D eigenvalue weighted by Gasteiger charge is 2.12. The predicted octanol–water partition coefficient (Wildman–Crippen LogP) is 2.49. The summed E-state index contributed by atoms with van der Waals surface area (Å²) in [4.78, 5) is 11.4. The molecule has 0 fully saturated rings. The molecule has 0 heterocycles. The molecule has 2 aromatic carbocycles. The summed E-state index contributed by atoms with van der Waals surface area (Å²) in [5.41, 5.74) is 0. The summed E-state index contributed by atoms with van der Waals surface area (Å²) in [7, 11) is -4.54. The van der Waals surface area contributed by atoms with Gasteiger partial charge in [0.25, 0.3) is 0 Å². The van der Waals surface area contributed by atoms with Gasteiger partial charge in [-0.1, -0.05) is 0 Å². The Labute approximate surface area is 165 Å². The van der Waals surface area contributed by atoms with Crippen LogP contribution in [0.1, 0.15) is 0 Å². The highest BCUT2D eigenvalue weighted by molar-refractivity contribution is 14.1. The summed E-state index contributed by atoms with van der Waals surface area (Å²) >= 11 is 3.93. The number of aromatic hydroxyl groups is 1. The van der Waals surface area contributed by atoms with Crippen LogP contribution in [0.15, 0.2) is 41.3 Å². The topological polar surface area (TPSA) is 113 Å². The first kappa shape index (κ1) is 19.2. The van der Waals surface area contributed by atoms with Crippen molar-refractivity contribution in [2.24, 2.45) is 0 Å². The van der Waals surface area contributed by atoms with E-state index in [4.69, 9.17) is 9.47 Å². The van der Waals surface area contributed by atoms with Gasteiger partial charge in [0.05, 0.1) is 12.0 Å². The van der Waals surface area contributed by atoms with Gasteiger partial charge in [-0.3, -0.25) is 0 Å². The minimum atomic E-state index is -4.54. The van der Waals surface area contributed by atoms with Crippen molar-refractivity contribution >= 4 is 61.3 Å². The summed E-state index contributed by atoms with van der Waals surface area (Å²) in [6.07, 6.45) is 0. The van der Waals surface area contributed by atoms with Crippen molar-refractivity contribution in [2.45, 2.75) is 4.90 Å². The van der Waals surface area contributed by atoms with E-state index < -0.39 is 21.0 Å². The molecule has 0 radical (unpaired) electrons. The van der Waals surface area contributed by atoms with Crippen molar-refractivity contribution in [3.05, 3.63) is 43.5 Å². The van der Waals surface area contributed by atoms with E-state index in [1.54, 1.807) is 0 Å². The molecule has 0 unspecified atom stereocenters. The highest BCUT2D eigenvalue weighted by Crippen LogP contribution is 2.31. The summed E-state index contributed by atoms with van der Waals surface area (Å²) < 4.78 is 44.1. The molecular weight excluding hydrogens is 566 g/mol. The Bertz CT molecular complexity index is 840. The normalized spacial score (nSPS) is 11.1. The number of esters is 1. The van der Waals surface area contributed by atoms with Crippen LogP contribution in [0.25, 0.3) is 0 Å². The average Bonchev–Trinajstić information content (AvgIpc) is 2.45. The maximum Gasteiger partial charge on any atom is 0.349 e. The third kappa shape index (κ3) is 5.19. The van der Waals surface area contributed by atoms with Crippen molar-refractivity contribution in [2.75, 3.05) is 6.61 Å². The molecule has 0 aliphatic heterocycles. The van der Waals surface area contributed by atoms with Crippen LogP contribution < -0.4 is 9.47 Å². The van der Waals surface area contributed by atoms with Crippen LogP contribution in [0.5, 0.6) is 17.2 Å². The van der Waals surface area contributed by atoms with Gasteiger partial charge in [-0.05, 0) is 81.6 Å². The van der Waals surface area contributed by atoms with E-state index in [1.165, 1.54) is 24.3 Å². The van der Waals surface area contributed by atoms with Gasteiger partial charge in [0.1, 0.15) is 27.4 Å². The first-order valence-corrected chi connectivity index (χ1v) is 9.81. The molecular formula is C14H9I2O7S-. The average molecular weight is 575 g/mol. The first-order valence-electron chi connectivity index (χ1n) is 6.24. The van der Waals surface area contributed by atoms with Crippen LogP contribution in [0, 0.1) is 7.14 Å². The number of halogens is 2. The minimum Gasteiger partial charge on any atom is -0.744 e. The van der Waals surface area contributed by atoms with Crippen molar-refractivity contribution in [1.29, 1.82) is 0 Å². The Kier molecular flexibility index (Phi) is 6.28. The standard InChI is InChI=1S/C14H10I2O7S/c15-11-5-8(17)6-12(16)14(11)22-7-13(18)23-9-1-3-10(4-2-9)24(19,20)21/h1-6,17H,7H2,(H,19,20,21)/p-1. The summed E-state index contributed by atoms with van der Waals surface area (Å²) in [6, 6.07) is 7.50. The van der Waals surface area contributed by atoms with Crippen molar-refractivity contribution in [1.82, 2.24) is 0 Å². The number of hydrogen-bond acceptors (Lipinski definition) is 7. The SMILES string of the molecule is O=C(COc1c(I)cc(O)cc1I)Oc1ccc(S(=O)(=O)[O-])cc1. The van der Waals surface area contributed by atoms with Gasteiger partial charge in [-0.25, -0.2) is 13.2 Å². The van der Waals surface area contributed by atoms with Crippen molar-refractivity contribution in [3.63, 3.8) is 0 Å². The fraction of sp³-hybridized carbons (Fsp3) is 0.0714. The van der Waals surface area contributed by atoms with Gasteiger partial charge in [-0.2, -0.15) is 0 Å². The highest BCUT2D eigenvalue weighted by atomic mass is 127. The van der Waals surface area contributed by atoms with Crippen LogP contribution in [0.2, 0.25) is 0 Å². The molecule has 128 valence electrons. The van der Waals surface area contributed by atoms with Crippen LogP contribution in [-0.4, -0.2) is 30.7 Å².